The number of fused-ring (bicyclic) bond motifs is 2. The molecule has 1 fully saturated rings. The Bertz CT molecular complexity index is 657. The molecule has 3 rings (SSSR count). The quantitative estimate of drug-likeness (QED) is 0.789. The molecular weight excluding hydrogens is 302 g/mol. The zero-order chi connectivity index (χ0) is 16.8. The van der Waals surface area contributed by atoms with Gasteiger partial charge in [-0.2, -0.15) is 0 Å². The number of amides is 2. The Morgan fingerprint density at radius 3 is 2.48 bits per heavy atom. The maximum Gasteiger partial charge on any atom is 0.421 e. The number of carbonyl (C=O) groups excluding carboxylic acids is 2. The van der Waals surface area contributed by atoms with E-state index in [0.29, 0.717) is 17.0 Å². The van der Waals surface area contributed by atoms with Gasteiger partial charge in [0, 0.05) is 5.56 Å². The van der Waals surface area contributed by atoms with Crippen LogP contribution in [0.4, 0.5) is 10.5 Å². The van der Waals surface area contributed by atoms with Crippen molar-refractivity contribution in [1.29, 1.82) is 0 Å². The summed E-state index contributed by atoms with van der Waals surface area (Å²) in [5, 5.41) is 0. The molecule has 0 aliphatic carbocycles. The predicted molar refractivity (Wildman–Crippen MR) is 80.3 cm³/mol. The summed E-state index contributed by atoms with van der Waals surface area (Å²) in [6, 6.07) is 4.93. The number of ether oxygens (including phenoxy) is 4. The number of carbonyl (C=O) groups is 2. The lowest BCUT2D eigenvalue weighted by Crippen LogP contribution is -2.45. The second kappa shape index (κ2) is 5.21. The molecule has 1 aromatic carbocycles. The third kappa shape index (κ3) is 2.46. The first-order valence-electron chi connectivity index (χ1n) is 7.32. The van der Waals surface area contributed by atoms with Gasteiger partial charge in [-0.25, -0.2) is 9.69 Å². The first kappa shape index (κ1) is 15.8. The standard InChI is InChI=1S/C16H19NO6/c1-15(2,3)23-14(19)17-12-6-5-10(20-4)9-11(12)16(13(17)18)21-7-8-22-16/h5-6,9H,7-8H2,1-4H3. The lowest BCUT2D eigenvalue weighted by atomic mass is 10.1. The summed E-state index contributed by atoms with van der Waals surface area (Å²) in [6.45, 7) is 5.74. The Morgan fingerprint density at radius 1 is 1.26 bits per heavy atom. The predicted octanol–water partition coefficient (Wildman–Crippen LogP) is 2.18. The van der Waals surface area contributed by atoms with Crippen LogP contribution in [0, 0.1) is 0 Å². The van der Waals surface area contributed by atoms with Crippen LogP contribution in [0.2, 0.25) is 0 Å². The average molecular weight is 321 g/mol. The molecule has 1 aromatic rings. The number of benzene rings is 1. The Balaban J connectivity index is 2.07. The lowest BCUT2D eigenvalue weighted by Gasteiger charge is -2.25. The van der Waals surface area contributed by atoms with Gasteiger partial charge < -0.3 is 18.9 Å². The monoisotopic (exact) mass is 321 g/mol. The summed E-state index contributed by atoms with van der Waals surface area (Å²) in [7, 11) is 1.52. The van der Waals surface area contributed by atoms with Crippen molar-refractivity contribution in [3.05, 3.63) is 23.8 Å². The van der Waals surface area contributed by atoms with Gasteiger partial charge in [0.25, 0.3) is 5.79 Å². The highest BCUT2D eigenvalue weighted by atomic mass is 16.7. The van der Waals surface area contributed by atoms with E-state index in [-0.39, 0.29) is 13.2 Å². The molecular formula is C16H19NO6. The molecule has 0 saturated carbocycles. The van der Waals surface area contributed by atoms with Crippen molar-refractivity contribution in [3.8, 4) is 5.75 Å². The zero-order valence-corrected chi connectivity index (χ0v) is 13.5. The molecule has 2 aliphatic heterocycles. The Labute approximate surface area is 134 Å². The van der Waals surface area contributed by atoms with Crippen molar-refractivity contribution in [2.75, 3.05) is 25.2 Å². The average Bonchev–Trinajstić information content (AvgIpc) is 3.04. The molecule has 0 atom stereocenters. The number of anilines is 1. The van der Waals surface area contributed by atoms with E-state index in [2.05, 4.69) is 0 Å². The van der Waals surface area contributed by atoms with Crippen LogP contribution in [0.1, 0.15) is 26.3 Å². The van der Waals surface area contributed by atoms with Gasteiger partial charge in [0.1, 0.15) is 11.4 Å². The largest absolute Gasteiger partial charge is 0.497 e. The van der Waals surface area contributed by atoms with Gasteiger partial charge in [0.05, 0.1) is 26.0 Å². The zero-order valence-electron chi connectivity index (χ0n) is 13.5. The SMILES string of the molecule is COc1ccc2c(c1)C1(OCCO1)C(=O)N2C(=O)OC(C)(C)C. The van der Waals surface area contributed by atoms with E-state index in [1.165, 1.54) is 7.11 Å². The van der Waals surface area contributed by atoms with Crippen LogP contribution in [0.25, 0.3) is 0 Å². The molecule has 1 spiro atoms. The molecule has 124 valence electrons. The van der Waals surface area contributed by atoms with Gasteiger partial charge in [0.15, 0.2) is 0 Å². The van der Waals surface area contributed by atoms with Crippen LogP contribution < -0.4 is 9.64 Å². The third-order valence-corrected chi connectivity index (χ3v) is 3.55. The summed E-state index contributed by atoms with van der Waals surface area (Å²) >= 11 is 0. The molecule has 7 heteroatoms. The van der Waals surface area contributed by atoms with Gasteiger partial charge in [-0.05, 0) is 39.0 Å². The number of nitrogens with zero attached hydrogens (tertiary/aromatic N) is 1. The summed E-state index contributed by atoms with van der Waals surface area (Å²) in [4.78, 5) is 26.3. The van der Waals surface area contributed by atoms with Crippen LogP contribution in [0.15, 0.2) is 18.2 Å². The molecule has 23 heavy (non-hydrogen) atoms. The lowest BCUT2D eigenvalue weighted by molar-refractivity contribution is -0.180. The van der Waals surface area contributed by atoms with Crippen molar-refractivity contribution in [2.45, 2.75) is 32.2 Å². The topological polar surface area (TPSA) is 74.3 Å². The Morgan fingerprint density at radius 2 is 1.91 bits per heavy atom. The van der Waals surface area contributed by atoms with Crippen molar-refractivity contribution >= 4 is 17.7 Å². The van der Waals surface area contributed by atoms with E-state index in [9.17, 15) is 9.59 Å². The second-order valence-corrected chi connectivity index (χ2v) is 6.32. The van der Waals surface area contributed by atoms with E-state index in [1.54, 1.807) is 39.0 Å². The van der Waals surface area contributed by atoms with Gasteiger partial charge >= 0.3 is 12.0 Å². The van der Waals surface area contributed by atoms with Crippen LogP contribution in [0.3, 0.4) is 0 Å². The first-order chi connectivity index (χ1) is 10.8. The highest BCUT2D eigenvalue weighted by molar-refractivity contribution is 6.20. The summed E-state index contributed by atoms with van der Waals surface area (Å²) in [5.41, 5.74) is 0.106. The molecule has 1 saturated heterocycles. The molecule has 2 aliphatic rings. The van der Waals surface area contributed by atoms with E-state index >= 15 is 0 Å². The highest BCUT2D eigenvalue weighted by Gasteiger charge is 2.58. The highest BCUT2D eigenvalue weighted by Crippen LogP contribution is 2.47. The van der Waals surface area contributed by atoms with E-state index < -0.39 is 23.4 Å². The fourth-order valence-corrected chi connectivity index (χ4v) is 2.65. The van der Waals surface area contributed by atoms with Gasteiger partial charge in [0.2, 0.25) is 0 Å². The van der Waals surface area contributed by atoms with Gasteiger partial charge in [-0.3, -0.25) is 4.79 Å². The van der Waals surface area contributed by atoms with E-state index in [0.717, 1.165) is 4.90 Å². The van der Waals surface area contributed by atoms with Gasteiger partial charge in [-0.15, -0.1) is 0 Å². The Hall–Kier alpha value is -2.12. The van der Waals surface area contributed by atoms with Crippen LogP contribution in [-0.4, -0.2) is 37.9 Å². The van der Waals surface area contributed by atoms with Crippen LogP contribution in [-0.2, 0) is 24.8 Å². The molecule has 0 N–H and O–H groups in total. The van der Waals surface area contributed by atoms with E-state index in [1.807, 2.05) is 0 Å². The number of hydrogen-bond acceptors (Lipinski definition) is 6. The smallest absolute Gasteiger partial charge is 0.421 e. The Kier molecular flexibility index (Phi) is 3.57. The second-order valence-electron chi connectivity index (χ2n) is 6.32. The van der Waals surface area contributed by atoms with Crippen LogP contribution >= 0.6 is 0 Å². The maximum atomic E-state index is 12.8. The van der Waals surface area contributed by atoms with Crippen molar-refractivity contribution < 1.29 is 28.5 Å². The van der Waals surface area contributed by atoms with Gasteiger partial charge in [-0.1, -0.05) is 0 Å². The fourth-order valence-electron chi connectivity index (χ4n) is 2.65. The molecule has 2 heterocycles. The van der Waals surface area contributed by atoms with Crippen molar-refractivity contribution in [3.63, 3.8) is 0 Å². The summed E-state index contributed by atoms with van der Waals surface area (Å²) < 4.78 is 21.7. The molecule has 2 amide bonds. The molecule has 0 aromatic heterocycles. The summed E-state index contributed by atoms with van der Waals surface area (Å²) in [5.74, 6) is -1.66. The minimum Gasteiger partial charge on any atom is -0.497 e. The minimum atomic E-state index is -1.60. The molecule has 0 unspecified atom stereocenters. The molecule has 0 radical (unpaired) electrons. The number of hydrogen-bond donors (Lipinski definition) is 0. The normalized spacial score (nSPS) is 19.1. The minimum absolute atomic E-state index is 0.268. The van der Waals surface area contributed by atoms with Crippen molar-refractivity contribution in [2.24, 2.45) is 0 Å². The molecule has 0 bridgehead atoms. The first-order valence-corrected chi connectivity index (χ1v) is 7.32. The number of methoxy groups -OCH3 is 1. The molecule has 7 nitrogen and oxygen atoms in total. The number of imide groups is 1. The van der Waals surface area contributed by atoms with E-state index in [4.69, 9.17) is 18.9 Å². The maximum absolute atomic E-state index is 12.8. The third-order valence-electron chi connectivity index (χ3n) is 3.55. The van der Waals surface area contributed by atoms with Crippen LogP contribution in [0.5, 0.6) is 5.75 Å². The van der Waals surface area contributed by atoms with Crippen molar-refractivity contribution in [1.82, 2.24) is 0 Å². The fraction of sp³-hybridized carbons (Fsp3) is 0.500. The summed E-state index contributed by atoms with van der Waals surface area (Å²) in [6.07, 6.45) is -0.759. The number of rotatable bonds is 1.